The molecule has 0 amide bonds. The maximum atomic E-state index is 2.52. The fraction of sp³-hybridized carbons (Fsp3) is 0.0741. The Kier molecular flexibility index (Phi) is 13.2. The Morgan fingerprint density at radius 3 is 0.927 bits per heavy atom. The van der Waals surface area contributed by atoms with Crippen LogP contribution >= 0.6 is 0 Å². The van der Waals surface area contributed by atoms with Crippen LogP contribution in [0.15, 0.2) is 376 Å². The van der Waals surface area contributed by atoms with E-state index in [1.807, 2.05) is 0 Å². The molecule has 0 aromatic heterocycles. The minimum absolute atomic E-state index is 0.184. The van der Waals surface area contributed by atoms with Crippen molar-refractivity contribution >= 4 is 77.2 Å². The molecule has 24 rings (SSSR count). The average molecular weight is 1400 g/mol. The van der Waals surface area contributed by atoms with E-state index in [1.165, 1.54) is 188 Å². The molecule has 0 fully saturated rings. The molecule has 2 nitrogen and oxygen atoms in total. The molecular formula is C108H74N2. The van der Waals surface area contributed by atoms with Crippen LogP contribution < -0.4 is 9.80 Å². The predicted molar refractivity (Wildman–Crippen MR) is 460 cm³/mol. The van der Waals surface area contributed by atoms with E-state index in [0.29, 0.717) is 0 Å². The largest absolute Gasteiger partial charge is 0.310 e. The molecular weight excluding hydrogens is 1330 g/mol. The molecule has 0 radical (unpaired) electrons. The van der Waals surface area contributed by atoms with Crippen molar-refractivity contribution < 1.29 is 0 Å². The van der Waals surface area contributed by atoms with E-state index in [2.05, 4.69) is 414 Å². The normalized spacial score (nSPS) is 14.7. The van der Waals surface area contributed by atoms with E-state index in [-0.39, 0.29) is 10.8 Å². The third kappa shape index (κ3) is 8.32. The summed E-state index contributed by atoms with van der Waals surface area (Å²) in [5.41, 5.74) is 38.2. The molecule has 0 atom stereocenters. The highest BCUT2D eigenvalue weighted by atomic mass is 15.2. The fourth-order valence-electron chi connectivity index (χ4n) is 21.5. The van der Waals surface area contributed by atoms with Gasteiger partial charge in [-0.1, -0.05) is 331 Å². The van der Waals surface area contributed by atoms with E-state index in [4.69, 9.17) is 0 Å². The van der Waals surface area contributed by atoms with Crippen molar-refractivity contribution in [3.8, 4) is 66.8 Å². The fourth-order valence-corrected chi connectivity index (χ4v) is 21.5. The van der Waals surface area contributed by atoms with Crippen LogP contribution in [0.25, 0.3) is 110 Å². The average Bonchev–Trinajstić information content (AvgIpc) is 1.51. The molecule has 0 heterocycles. The van der Waals surface area contributed by atoms with Gasteiger partial charge >= 0.3 is 0 Å². The molecule has 2 spiro atoms. The summed E-state index contributed by atoms with van der Waals surface area (Å²) < 4.78 is 0. The first-order chi connectivity index (χ1) is 54.1. The van der Waals surface area contributed by atoms with Crippen LogP contribution in [-0.4, -0.2) is 0 Å². The lowest BCUT2D eigenvalue weighted by molar-refractivity contribution is 0.661. The second-order valence-corrected chi connectivity index (χ2v) is 32.0. The third-order valence-corrected chi connectivity index (χ3v) is 26.0. The summed E-state index contributed by atoms with van der Waals surface area (Å²) in [6, 6.07) is 141. The summed E-state index contributed by atoms with van der Waals surface area (Å²) in [5.74, 6) is 0. The van der Waals surface area contributed by atoms with E-state index in [1.54, 1.807) is 0 Å². The van der Waals surface area contributed by atoms with Gasteiger partial charge in [0.1, 0.15) is 0 Å². The van der Waals surface area contributed by atoms with Crippen LogP contribution in [-0.2, 0) is 21.7 Å². The first-order valence-corrected chi connectivity index (χ1v) is 38.9. The third-order valence-electron chi connectivity index (χ3n) is 26.0. The standard InChI is InChI=1S/2C54H37N/c1-53(2)48-31-35-17-7-6-16-34(35)30-44(48)52-43-24-9-8-23-42(43)51(33-50(52)53)55(36-18-4-3-5-19-36)37-28-29-41-40-22-12-15-27-47(40)54(49(41)32-37)45-25-13-10-20-38(45)39-21-11-14-26-46(39)54;1-53(2)49-33-50(42-23-8-9-24-43(42)51(49)44-30-28-34-16-6-7-19-37(34)52(44)53)55(35-17-4-3-5-18-35)36-29-31-41-40-22-12-15-27-47(40)54(48(41)32-36)45-25-13-10-20-38(45)39-21-11-14-26-46(39)54/h2*3-33H,1-2H3. The minimum atomic E-state index is -0.415. The number of hydrogen-bond donors (Lipinski definition) is 0. The summed E-state index contributed by atoms with van der Waals surface area (Å²) in [5, 5.41) is 10.3. The van der Waals surface area contributed by atoms with Crippen molar-refractivity contribution in [3.05, 3.63) is 443 Å². The van der Waals surface area contributed by atoms with Crippen molar-refractivity contribution in [3.63, 3.8) is 0 Å². The Labute approximate surface area is 641 Å². The molecule has 18 aromatic carbocycles. The molecule has 0 saturated carbocycles. The number of anilines is 6. The number of rotatable bonds is 6. The van der Waals surface area contributed by atoms with Gasteiger partial charge in [-0.3, -0.25) is 0 Å². The van der Waals surface area contributed by atoms with Gasteiger partial charge in [0.05, 0.1) is 22.2 Å². The summed E-state index contributed by atoms with van der Waals surface area (Å²) in [6.45, 7) is 9.65. The topological polar surface area (TPSA) is 6.48 Å². The zero-order valence-corrected chi connectivity index (χ0v) is 61.7. The van der Waals surface area contributed by atoms with Gasteiger partial charge in [-0.15, -0.1) is 0 Å². The van der Waals surface area contributed by atoms with Gasteiger partial charge in [0.15, 0.2) is 0 Å². The van der Waals surface area contributed by atoms with Gasteiger partial charge in [-0.05, 0) is 239 Å². The molecule has 0 unspecified atom stereocenters. The molecule has 0 bridgehead atoms. The molecule has 6 aliphatic carbocycles. The van der Waals surface area contributed by atoms with Crippen molar-refractivity contribution in [2.45, 2.75) is 49.4 Å². The second-order valence-electron chi connectivity index (χ2n) is 32.0. The van der Waals surface area contributed by atoms with Gasteiger partial charge in [-0.2, -0.15) is 0 Å². The van der Waals surface area contributed by atoms with Crippen LogP contribution in [0.5, 0.6) is 0 Å². The van der Waals surface area contributed by atoms with Gasteiger partial charge in [0, 0.05) is 44.4 Å². The van der Waals surface area contributed by atoms with E-state index < -0.39 is 10.8 Å². The zero-order valence-electron chi connectivity index (χ0n) is 61.7. The quantitative estimate of drug-likeness (QED) is 0.164. The molecule has 0 aliphatic heterocycles. The van der Waals surface area contributed by atoms with Crippen LogP contribution in [0.4, 0.5) is 34.1 Å². The zero-order chi connectivity index (χ0) is 72.9. The first-order valence-electron chi connectivity index (χ1n) is 38.9. The number of hydrogen-bond acceptors (Lipinski definition) is 2. The molecule has 110 heavy (non-hydrogen) atoms. The van der Waals surface area contributed by atoms with E-state index in [0.717, 1.165) is 22.7 Å². The van der Waals surface area contributed by atoms with Crippen LogP contribution in [0.1, 0.15) is 94.5 Å². The Balaban J connectivity index is 0.000000132. The Hall–Kier alpha value is -13.4. The number of nitrogens with zero attached hydrogens (tertiary/aromatic N) is 2. The predicted octanol–water partition coefficient (Wildman–Crippen LogP) is 28.2. The highest BCUT2D eigenvalue weighted by molar-refractivity contribution is 6.14. The Morgan fingerprint density at radius 2 is 0.500 bits per heavy atom. The van der Waals surface area contributed by atoms with Crippen molar-refractivity contribution in [2.24, 2.45) is 0 Å². The van der Waals surface area contributed by atoms with Gasteiger partial charge in [0.2, 0.25) is 0 Å². The van der Waals surface area contributed by atoms with Gasteiger partial charge in [-0.25, -0.2) is 0 Å². The molecule has 0 N–H and O–H groups in total. The summed E-state index contributed by atoms with van der Waals surface area (Å²) in [4.78, 5) is 5.03. The monoisotopic (exact) mass is 1400 g/mol. The summed E-state index contributed by atoms with van der Waals surface area (Å²) in [7, 11) is 0. The van der Waals surface area contributed by atoms with Crippen molar-refractivity contribution in [1.82, 2.24) is 0 Å². The highest BCUT2D eigenvalue weighted by Crippen LogP contribution is 2.67. The smallest absolute Gasteiger partial charge is 0.0726 e. The van der Waals surface area contributed by atoms with Crippen molar-refractivity contribution in [2.75, 3.05) is 9.80 Å². The molecule has 516 valence electrons. The summed E-state index contributed by atoms with van der Waals surface area (Å²) in [6.07, 6.45) is 0. The molecule has 2 heteroatoms. The molecule has 6 aliphatic rings. The minimum Gasteiger partial charge on any atom is -0.310 e. The summed E-state index contributed by atoms with van der Waals surface area (Å²) >= 11 is 0. The van der Waals surface area contributed by atoms with Crippen molar-refractivity contribution in [1.29, 1.82) is 0 Å². The lowest BCUT2D eigenvalue weighted by Gasteiger charge is -2.33. The van der Waals surface area contributed by atoms with E-state index in [9.17, 15) is 0 Å². The van der Waals surface area contributed by atoms with E-state index >= 15 is 0 Å². The SMILES string of the molecule is CC1(C)c2cc(N(c3ccccc3)c3ccc4c(c3)C3(c5ccccc5-c5ccccc53)c3ccccc3-4)c3ccccc3c2-c2ccc3ccccc3c21.CC1(C)c2cc3ccccc3cc2-c2c1cc(N(c1ccccc1)c1ccc3c(c1)C1(c4ccccc4-c4ccccc41)c1ccccc1-3)c1ccccc21. The lowest BCUT2D eigenvalue weighted by Crippen LogP contribution is -2.26. The van der Waals surface area contributed by atoms with Gasteiger partial charge in [0.25, 0.3) is 0 Å². The number of para-hydroxylation sites is 2. The number of fused-ring (bicyclic) bond motifs is 33. The van der Waals surface area contributed by atoms with Crippen LogP contribution in [0, 0.1) is 0 Å². The first kappa shape index (κ1) is 62.8. The maximum Gasteiger partial charge on any atom is 0.0726 e. The Morgan fingerprint density at radius 1 is 0.182 bits per heavy atom. The number of benzene rings is 18. The molecule has 0 saturated heterocycles. The maximum absolute atomic E-state index is 2.52. The Bertz CT molecular complexity index is 6810. The highest BCUT2D eigenvalue weighted by Gasteiger charge is 2.54. The molecule has 18 aromatic rings. The van der Waals surface area contributed by atoms with Gasteiger partial charge < -0.3 is 9.80 Å². The second kappa shape index (κ2) is 23.1. The van der Waals surface area contributed by atoms with Crippen LogP contribution in [0.3, 0.4) is 0 Å². The lowest BCUT2D eigenvalue weighted by atomic mass is 9.70. The van der Waals surface area contributed by atoms with Crippen LogP contribution in [0.2, 0.25) is 0 Å².